The molecule has 10 heteroatoms. The highest BCUT2D eigenvalue weighted by atomic mass is 32.2. The van der Waals surface area contributed by atoms with E-state index >= 15 is 0 Å². The Morgan fingerprint density at radius 3 is 2.00 bits per heavy atom. The topological polar surface area (TPSA) is 92.8 Å². The third-order valence-electron chi connectivity index (χ3n) is 5.84. The Bertz CT molecular complexity index is 1130. The zero-order valence-corrected chi connectivity index (χ0v) is 20.4. The minimum atomic E-state index is -3.75. The summed E-state index contributed by atoms with van der Waals surface area (Å²) >= 11 is 1.09. The molecule has 0 bridgehead atoms. The van der Waals surface area contributed by atoms with Crippen LogP contribution in [0.4, 0.5) is 0 Å². The van der Waals surface area contributed by atoms with Crippen LogP contribution in [0.15, 0.2) is 21.2 Å². The molecule has 0 unspecified atom stereocenters. The van der Waals surface area contributed by atoms with Gasteiger partial charge in [-0.2, -0.15) is 4.31 Å². The van der Waals surface area contributed by atoms with E-state index in [4.69, 9.17) is 4.74 Å². The fraction of sp³-hybridized carbons (Fsp3) is 0.500. The molecule has 2 aromatic rings. The lowest BCUT2D eigenvalue weighted by atomic mass is 9.95. The summed E-state index contributed by atoms with van der Waals surface area (Å²) in [5.41, 5.74) is 4.51. The van der Waals surface area contributed by atoms with Crippen LogP contribution in [0, 0.1) is 34.6 Å². The van der Waals surface area contributed by atoms with Gasteiger partial charge in [-0.15, -0.1) is 11.3 Å². The van der Waals surface area contributed by atoms with E-state index in [1.165, 1.54) is 10.4 Å². The van der Waals surface area contributed by atoms with Crippen LogP contribution < -0.4 is 4.72 Å². The second kappa shape index (κ2) is 8.68. The number of thiophene rings is 1. The fourth-order valence-corrected chi connectivity index (χ4v) is 8.16. The molecule has 1 aliphatic rings. The minimum absolute atomic E-state index is 0.0382. The normalized spacial score (nSPS) is 16.2. The van der Waals surface area contributed by atoms with Crippen LogP contribution in [0.1, 0.15) is 32.7 Å². The summed E-state index contributed by atoms with van der Waals surface area (Å²) in [4.78, 5) is 0.946. The van der Waals surface area contributed by atoms with E-state index in [2.05, 4.69) is 4.72 Å². The molecule has 2 heterocycles. The average molecular weight is 473 g/mol. The Labute approximate surface area is 183 Å². The smallest absolute Gasteiger partial charge is 0.252 e. The summed E-state index contributed by atoms with van der Waals surface area (Å²) in [7, 11) is -7.33. The number of sulfonamides is 2. The van der Waals surface area contributed by atoms with Gasteiger partial charge in [-0.1, -0.05) is 0 Å². The van der Waals surface area contributed by atoms with Crippen molar-refractivity contribution in [1.29, 1.82) is 0 Å². The number of morpholine rings is 1. The lowest BCUT2D eigenvalue weighted by Gasteiger charge is -2.25. The molecule has 30 heavy (non-hydrogen) atoms. The first-order chi connectivity index (χ1) is 14.0. The third kappa shape index (κ3) is 4.35. The van der Waals surface area contributed by atoms with Gasteiger partial charge < -0.3 is 4.74 Å². The molecule has 0 aliphatic carbocycles. The van der Waals surface area contributed by atoms with Gasteiger partial charge in [0.1, 0.15) is 4.21 Å². The van der Waals surface area contributed by atoms with Gasteiger partial charge in [-0.3, -0.25) is 0 Å². The monoisotopic (exact) mass is 472 g/mol. The summed E-state index contributed by atoms with van der Waals surface area (Å²) in [5.74, 6) is 0. The summed E-state index contributed by atoms with van der Waals surface area (Å²) in [6.07, 6.45) is 0. The maximum Gasteiger partial charge on any atom is 0.252 e. The van der Waals surface area contributed by atoms with Gasteiger partial charge in [-0.25, -0.2) is 21.6 Å². The minimum Gasteiger partial charge on any atom is -0.379 e. The molecular weight excluding hydrogens is 444 g/mol. The summed E-state index contributed by atoms with van der Waals surface area (Å²) in [5, 5.41) is 0. The van der Waals surface area contributed by atoms with E-state index < -0.39 is 20.0 Å². The molecule has 3 rings (SSSR count). The molecule has 0 spiro atoms. The second-order valence-corrected chi connectivity index (χ2v) is 12.6. The SMILES string of the molecule is Cc1c(C)c(C)c(S(=O)(=O)NCc2ccc(S(=O)(=O)N3CCOCC3)s2)c(C)c1C. The van der Waals surface area contributed by atoms with Gasteiger partial charge in [0.2, 0.25) is 10.0 Å². The highest BCUT2D eigenvalue weighted by Crippen LogP contribution is 2.30. The maximum atomic E-state index is 13.1. The molecule has 0 atom stereocenters. The van der Waals surface area contributed by atoms with Crippen LogP contribution >= 0.6 is 11.3 Å². The summed E-state index contributed by atoms with van der Waals surface area (Å²) in [6, 6.07) is 3.20. The molecule has 1 fully saturated rings. The first-order valence-electron chi connectivity index (χ1n) is 9.70. The molecule has 166 valence electrons. The first-order valence-corrected chi connectivity index (χ1v) is 13.4. The average Bonchev–Trinajstić information content (AvgIpc) is 3.20. The number of hydrogen-bond acceptors (Lipinski definition) is 6. The molecule has 1 aromatic carbocycles. The van der Waals surface area contributed by atoms with Crippen LogP contribution in [-0.4, -0.2) is 47.4 Å². The lowest BCUT2D eigenvalue weighted by Crippen LogP contribution is -2.40. The van der Waals surface area contributed by atoms with Crippen molar-refractivity contribution < 1.29 is 21.6 Å². The maximum absolute atomic E-state index is 13.1. The van der Waals surface area contributed by atoms with Gasteiger partial charge in [-0.05, 0) is 74.6 Å². The van der Waals surface area contributed by atoms with Crippen molar-refractivity contribution in [3.05, 3.63) is 44.8 Å². The molecule has 1 aliphatic heterocycles. The number of benzene rings is 1. The Hall–Kier alpha value is -1.30. The molecule has 0 amide bonds. The van der Waals surface area contributed by atoms with E-state index in [1.807, 2.05) is 34.6 Å². The van der Waals surface area contributed by atoms with Crippen molar-refractivity contribution >= 4 is 31.4 Å². The van der Waals surface area contributed by atoms with Crippen LogP contribution in [0.25, 0.3) is 0 Å². The van der Waals surface area contributed by atoms with Crippen LogP contribution in [0.5, 0.6) is 0 Å². The van der Waals surface area contributed by atoms with E-state index in [9.17, 15) is 16.8 Å². The fourth-order valence-electron chi connectivity index (χ4n) is 3.61. The van der Waals surface area contributed by atoms with Gasteiger partial charge in [0.05, 0.1) is 18.1 Å². The van der Waals surface area contributed by atoms with Crippen LogP contribution in [0.2, 0.25) is 0 Å². The van der Waals surface area contributed by atoms with Gasteiger partial charge in [0, 0.05) is 24.5 Å². The summed E-state index contributed by atoms with van der Waals surface area (Å²) < 4.78 is 61.1. The van der Waals surface area contributed by atoms with Crippen molar-refractivity contribution in [3.8, 4) is 0 Å². The third-order valence-corrected chi connectivity index (χ3v) is 11.0. The van der Waals surface area contributed by atoms with Crippen molar-refractivity contribution in [1.82, 2.24) is 9.03 Å². The number of ether oxygens (including phenoxy) is 1. The molecule has 1 saturated heterocycles. The largest absolute Gasteiger partial charge is 0.379 e. The zero-order valence-electron chi connectivity index (χ0n) is 17.9. The molecule has 0 saturated carbocycles. The van der Waals surface area contributed by atoms with Crippen LogP contribution in [-0.2, 0) is 31.3 Å². The summed E-state index contributed by atoms with van der Waals surface area (Å²) in [6.45, 7) is 10.9. The molecule has 7 nitrogen and oxygen atoms in total. The van der Waals surface area contributed by atoms with E-state index in [1.54, 1.807) is 6.07 Å². The number of nitrogens with zero attached hydrogens (tertiary/aromatic N) is 1. The number of rotatable bonds is 6. The number of nitrogens with one attached hydrogen (secondary N) is 1. The zero-order chi connectivity index (χ0) is 22.3. The van der Waals surface area contributed by atoms with Crippen molar-refractivity contribution in [2.24, 2.45) is 0 Å². The number of hydrogen-bond donors (Lipinski definition) is 1. The Morgan fingerprint density at radius 2 is 1.43 bits per heavy atom. The Balaban J connectivity index is 1.82. The molecule has 0 radical (unpaired) electrons. The molecular formula is C20H28N2O5S3. The predicted molar refractivity (Wildman–Crippen MR) is 118 cm³/mol. The van der Waals surface area contributed by atoms with Crippen molar-refractivity contribution in [3.63, 3.8) is 0 Å². The Morgan fingerprint density at radius 1 is 0.900 bits per heavy atom. The van der Waals surface area contributed by atoms with E-state index in [0.29, 0.717) is 36.1 Å². The Kier molecular flexibility index (Phi) is 6.76. The highest BCUT2D eigenvalue weighted by Gasteiger charge is 2.28. The second-order valence-electron chi connectivity index (χ2n) is 7.52. The van der Waals surface area contributed by atoms with E-state index in [0.717, 1.165) is 39.2 Å². The van der Waals surface area contributed by atoms with E-state index in [-0.39, 0.29) is 10.8 Å². The molecule has 1 aromatic heterocycles. The molecule has 1 N–H and O–H groups in total. The van der Waals surface area contributed by atoms with Crippen molar-refractivity contribution in [2.45, 2.75) is 50.3 Å². The van der Waals surface area contributed by atoms with Gasteiger partial charge in [0.25, 0.3) is 10.0 Å². The van der Waals surface area contributed by atoms with Gasteiger partial charge >= 0.3 is 0 Å². The van der Waals surface area contributed by atoms with Crippen LogP contribution in [0.3, 0.4) is 0 Å². The first kappa shape index (κ1) is 23.4. The lowest BCUT2D eigenvalue weighted by molar-refractivity contribution is 0.0731. The van der Waals surface area contributed by atoms with Crippen molar-refractivity contribution in [2.75, 3.05) is 26.3 Å². The van der Waals surface area contributed by atoms with Gasteiger partial charge in [0.15, 0.2) is 0 Å². The highest BCUT2D eigenvalue weighted by molar-refractivity contribution is 7.91. The standard InChI is InChI=1S/C20H28N2O5S3/c1-13-14(2)16(4)20(17(5)15(13)3)29(23,24)21-12-18-6-7-19(28-18)30(25,26)22-8-10-27-11-9-22/h6-7,21H,8-12H2,1-5H3. The predicted octanol–water partition coefficient (Wildman–Crippen LogP) is 2.79. The quantitative estimate of drug-likeness (QED) is 0.698.